The fraction of sp³-hybridized carbons (Fsp3) is 0.278. The Morgan fingerprint density at radius 2 is 2.04 bits per heavy atom. The SMILES string of the molecule is COCCn1c(COc2cccc(C)c2)nc2cc(Cl)ccc21. The standard InChI is InChI=1S/C18H19ClN2O2/c1-13-4-3-5-15(10-13)23-12-18-20-16-11-14(19)6-7-17(16)21(18)8-9-22-2/h3-7,10-11H,8-9,12H2,1-2H3. The van der Waals surface area contributed by atoms with Gasteiger partial charge in [-0.2, -0.15) is 0 Å². The number of imidazole rings is 1. The summed E-state index contributed by atoms with van der Waals surface area (Å²) < 4.78 is 13.2. The summed E-state index contributed by atoms with van der Waals surface area (Å²) in [7, 11) is 1.69. The number of aromatic nitrogens is 2. The summed E-state index contributed by atoms with van der Waals surface area (Å²) in [6.45, 7) is 3.79. The summed E-state index contributed by atoms with van der Waals surface area (Å²) in [5.74, 6) is 1.70. The second-order valence-corrected chi connectivity index (χ2v) is 5.85. The van der Waals surface area contributed by atoms with E-state index in [-0.39, 0.29) is 0 Å². The number of halogens is 1. The first-order valence-corrected chi connectivity index (χ1v) is 7.88. The molecule has 0 atom stereocenters. The molecule has 0 saturated carbocycles. The molecule has 5 heteroatoms. The molecule has 0 aliphatic carbocycles. The lowest BCUT2D eigenvalue weighted by atomic mass is 10.2. The van der Waals surface area contributed by atoms with Gasteiger partial charge < -0.3 is 14.0 Å². The highest BCUT2D eigenvalue weighted by Gasteiger charge is 2.11. The van der Waals surface area contributed by atoms with Gasteiger partial charge in [-0.3, -0.25) is 0 Å². The van der Waals surface area contributed by atoms with Crippen molar-refractivity contribution >= 4 is 22.6 Å². The van der Waals surface area contributed by atoms with Gasteiger partial charge in [0.05, 0.1) is 17.6 Å². The van der Waals surface area contributed by atoms with E-state index in [4.69, 9.17) is 21.1 Å². The van der Waals surface area contributed by atoms with Crippen LogP contribution in [-0.2, 0) is 17.9 Å². The molecule has 3 rings (SSSR count). The molecule has 2 aromatic carbocycles. The lowest BCUT2D eigenvalue weighted by Gasteiger charge is -2.10. The zero-order valence-electron chi connectivity index (χ0n) is 13.3. The van der Waals surface area contributed by atoms with Crippen LogP contribution >= 0.6 is 11.6 Å². The summed E-state index contributed by atoms with van der Waals surface area (Å²) in [4.78, 5) is 4.66. The molecule has 0 unspecified atom stereocenters. The Labute approximate surface area is 140 Å². The van der Waals surface area contributed by atoms with Crippen molar-refractivity contribution in [2.45, 2.75) is 20.1 Å². The van der Waals surface area contributed by atoms with Gasteiger partial charge >= 0.3 is 0 Å². The molecule has 0 bridgehead atoms. The van der Waals surface area contributed by atoms with Crippen molar-refractivity contribution in [1.29, 1.82) is 0 Å². The summed E-state index contributed by atoms with van der Waals surface area (Å²) in [6, 6.07) is 13.7. The van der Waals surface area contributed by atoms with Gasteiger partial charge in [0.1, 0.15) is 18.2 Å². The van der Waals surface area contributed by atoms with Gasteiger partial charge in [0.25, 0.3) is 0 Å². The van der Waals surface area contributed by atoms with Crippen molar-refractivity contribution in [3.8, 4) is 5.75 Å². The van der Waals surface area contributed by atoms with Crippen LogP contribution in [0.3, 0.4) is 0 Å². The van der Waals surface area contributed by atoms with Crippen LogP contribution in [0.15, 0.2) is 42.5 Å². The van der Waals surface area contributed by atoms with Gasteiger partial charge in [0, 0.05) is 18.7 Å². The van der Waals surface area contributed by atoms with Crippen LogP contribution in [-0.4, -0.2) is 23.3 Å². The molecule has 23 heavy (non-hydrogen) atoms. The molecule has 1 aromatic heterocycles. The topological polar surface area (TPSA) is 36.3 Å². The summed E-state index contributed by atoms with van der Waals surface area (Å²) in [6.07, 6.45) is 0. The molecule has 3 aromatic rings. The Kier molecular flexibility index (Phi) is 4.84. The average Bonchev–Trinajstić information content (AvgIpc) is 2.87. The summed E-state index contributed by atoms with van der Waals surface area (Å²) in [5.41, 5.74) is 3.08. The van der Waals surface area contributed by atoms with E-state index in [1.54, 1.807) is 7.11 Å². The molecule has 0 amide bonds. The molecule has 0 fully saturated rings. The van der Waals surface area contributed by atoms with E-state index < -0.39 is 0 Å². The van der Waals surface area contributed by atoms with Gasteiger partial charge in [-0.05, 0) is 42.8 Å². The maximum atomic E-state index is 6.07. The Morgan fingerprint density at radius 1 is 1.17 bits per heavy atom. The fourth-order valence-corrected chi connectivity index (χ4v) is 2.71. The smallest absolute Gasteiger partial charge is 0.148 e. The number of methoxy groups -OCH3 is 1. The molecule has 4 nitrogen and oxygen atoms in total. The van der Waals surface area contributed by atoms with Crippen molar-refractivity contribution < 1.29 is 9.47 Å². The third-order valence-corrected chi connectivity index (χ3v) is 3.90. The number of ether oxygens (including phenoxy) is 2. The zero-order chi connectivity index (χ0) is 16.2. The zero-order valence-corrected chi connectivity index (χ0v) is 14.0. The highest BCUT2D eigenvalue weighted by Crippen LogP contribution is 2.22. The van der Waals surface area contributed by atoms with Crippen molar-refractivity contribution in [2.24, 2.45) is 0 Å². The number of fused-ring (bicyclic) bond motifs is 1. The molecule has 120 valence electrons. The van der Waals surface area contributed by atoms with E-state index in [1.165, 1.54) is 5.56 Å². The predicted molar refractivity (Wildman–Crippen MR) is 92.1 cm³/mol. The molecular weight excluding hydrogens is 312 g/mol. The normalized spacial score (nSPS) is 11.1. The van der Waals surface area contributed by atoms with Crippen LogP contribution < -0.4 is 4.74 Å². The lowest BCUT2D eigenvalue weighted by Crippen LogP contribution is -2.10. The number of hydrogen-bond donors (Lipinski definition) is 0. The third-order valence-electron chi connectivity index (χ3n) is 3.67. The fourth-order valence-electron chi connectivity index (χ4n) is 2.55. The number of aryl methyl sites for hydroxylation is 1. The summed E-state index contributed by atoms with van der Waals surface area (Å²) in [5, 5.41) is 0.681. The van der Waals surface area contributed by atoms with E-state index in [0.29, 0.717) is 18.2 Å². The van der Waals surface area contributed by atoms with Gasteiger partial charge in [-0.25, -0.2) is 4.98 Å². The lowest BCUT2D eigenvalue weighted by molar-refractivity contribution is 0.185. The molecule has 1 heterocycles. The van der Waals surface area contributed by atoms with Gasteiger partial charge in [-0.1, -0.05) is 23.7 Å². The van der Waals surface area contributed by atoms with Crippen molar-refractivity contribution in [3.63, 3.8) is 0 Å². The highest BCUT2D eigenvalue weighted by atomic mass is 35.5. The van der Waals surface area contributed by atoms with E-state index in [9.17, 15) is 0 Å². The van der Waals surface area contributed by atoms with Crippen molar-refractivity contribution in [3.05, 3.63) is 58.9 Å². The first-order valence-electron chi connectivity index (χ1n) is 7.50. The van der Waals surface area contributed by atoms with Gasteiger partial charge in [-0.15, -0.1) is 0 Å². The maximum Gasteiger partial charge on any atom is 0.148 e. The highest BCUT2D eigenvalue weighted by molar-refractivity contribution is 6.31. The number of nitrogens with zero attached hydrogens (tertiary/aromatic N) is 2. The molecule has 0 spiro atoms. The Hall–Kier alpha value is -2.04. The minimum Gasteiger partial charge on any atom is -0.486 e. The number of rotatable bonds is 6. The first-order chi connectivity index (χ1) is 11.2. The Morgan fingerprint density at radius 3 is 2.83 bits per heavy atom. The molecular formula is C18H19ClN2O2. The third kappa shape index (κ3) is 3.66. The van der Waals surface area contributed by atoms with E-state index >= 15 is 0 Å². The van der Waals surface area contributed by atoms with E-state index in [2.05, 4.69) is 9.55 Å². The molecule has 0 N–H and O–H groups in total. The Balaban J connectivity index is 1.88. The molecule has 0 saturated heterocycles. The monoisotopic (exact) mass is 330 g/mol. The number of hydrogen-bond acceptors (Lipinski definition) is 3. The van der Waals surface area contributed by atoms with Crippen molar-refractivity contribution in [2.75, 3.05) is 13.7 Å². The second-order valence-electron chi connectivity index (χ2n) is 5.41. The van der Waals surface area contributed by atoms with Gasteiger partial charge in [0.2, 0.25) is 0 Å². The van der Waals surface area contributed by atoms with Crippen LogP contribution in [0, 0.1) is 6.92 Å². The summed E-state index contributed by atoms with van der Waals surface area (Å²) >= 11 is 6.07. The van der Waals surface area contributed by atoms with Crippen LogP contribution in [0.1, 0.15) is 11.4 Å². The van der Waals surface area contributed by atoms with Crippen LogP contribution in [0.5, 0.6) is 5.75 Å². The minimum atomic E-state index is 0.402. The minimum absolute atomic E-state index is 0.402. The Bertz CT molecular complexity index is 814. The quantitative estimate of drug-likeness (QED) is 0.679. The van der Waals surface area contributed by atoms with E-state index in [0.717, 1.165) is 29.2 Å². The second kappa shape index (κ2) is 7.02. The first kappa shape index (κ1) is 15.8. The molecule has 0 aliphatic heterocycles. The number of benzene rings is 2. The molecule has 0 radical (unpaired) electrons. The van der Waals surface area contributed by atoms with Crippen LogP contribution in [0.2, 0.25) is 5.02 Å². The molecule has 0 aliphatic rings. The largest absolute Gasteiger partial charge is 0.486 e. The van der Waals surface area contributed by atoms with Crippen LogP contribution in [0.4, 0.5) is 0 Å². The van der Waals surface area contributed by atoms with E-state index in [1.807, 2.05) is 49.4 Å². The maximum absolute atomic E-state index is 6.07. The van der Waals surface area contributed by atoms with Gasteiger partial charge in [0.15, 0.2) is 0 Å². The van der Waals surface area contributed by atoms with Crippen molar-refractivity contribution in [1.82, 2.24) is 9.55 Å². The van der Waals surface area contributed by atoms with Crippen LogP contribution in [0.25, 0.3) is 11.0 Å². The average molecular weight is 331 g/mol. The predicted octanol–water partition coefficient (Wildman–Crippen LogP) is 4.22.